The van der Waals surface area contributed by atoms with Gasteiger partial charge in [0, 0.05) is 19.2 Å². The third kappa shape index (κ3) is 4.70. The zero-order valence-electron chi connectivity index (χ0n) is 12.8. The molecule has 0 saturated heterocycles. The average molecular weight is 294 g/mol. The molecule has 0 aliphatic carbocycles. The van der Waals surface area contributed by atoms with Crippen LogP contribution in [0.1, 0.15) is 38.1 Å². The van der Waals surface area contributed by atoms with E-state index in [-0.39, 0.29) is 11.3 Å². The summed E-state index contributed by atoms with van der Waals surface area (Å²) in [4.78, 5) is 26.5. The first-order valence-electron chi connectivity index (χ1n) is 7.03. The van der Waals surface area contributed by atoms with E-state index in [1.165, 1.54) is 6.07 Å². The van der Waals surface area contributed by atoms with Crippen LogP contribution in [0.4, 0.5) is 11.5 Å². The van der Waals surface area contributed by atoms with E-state index in [4.69, 9.17) is 0 Å². The summed E-state index contributed by atoms with van der Waals surface area (Å²) >= 11 is 0. The maximum absolute atomic E-state index is 12.2. The highest BCUT2D eigenvalue weighted by Crippen LogP contribution is 2.20. The highest BCUT2D eigenvalue weighted by Gasteiger charge is 2.22. The smallest absolute Gasteiger partial charge is 0.300 e. The lowest BCUT2D eigenvalue weighted by Crippen LogP contribution is -2.30. The number of carbonyl (C=O) groups excluding carboxylic acids is 1. The Morgan fingerprint density at radius 1 is 1.43 bits per heavy atom. The van der Waals surface area contributed by atoms with Crippen LogP contribution < -0.4 is 10.6 Å². The molecule has 1 amide bonds. The van der Waals surface area contributed by atoms with Gasteiger partial charge in [-0.3, -0.25) is 14.9 Å². The Bertz CT molecular complexity index is 517. The van der Waals surface area contributed by atoms with Crippen LogP contribution in [-0.4, -0.2) is 28.9 Å². The van der Waals surface area contributed by atoms with Crippen molar-refractivity contribution in [2.45, 2.75) is 27.7 Å². The molecule has 1 rings (SSSR count). The van der Waals surface area contributed by atoms with Gasteiger partial charge in [-0.2, -0.15) is 0 Å². The number of carbonyl (C=O) groups is 1. The van der Waals surface area contributed by atoms with Crippen LogP contribution in [0.5, 0.6) is 0 Å². The minimum absolute atomic E-state index is 0.0295. The molecule has 0 saturated carbocycles. The van der Waals surface area contributed by atoms with Crippen molar-refractivity contribution in [2.24, 2.45) is 11.8 Å². The van der Waals surface area contributed by atoms with Gasteiger partial charge in [-0.15, -0.1) is 0 Å². The molecule has 0 aliphatic rings. The van der Waals surface area contributed by atoms with Crippen molar-refractivity contribution in [1.29, 1.82) is 0 Å². The van der Waals surface area contributed by atoms with E-state index < -0.39 is 10.8 Å². The van der Waals surface area contributed by atoms with Gasteiger partial charge in [-0.05, 0) is 18.8 Å². The van der Waals surface area contributed by atoms with Crippen LogP contribution >= 0.6 is 0 Å². The van der Waals surface area contributed by atoms with Gasteiger partial charge in [-0.1, -0.05) is 20.8 Å². The van der Waals surface area contributed by atoms with E-state index in [9.17, 15) is 14.9 Å². The molecule has 0 aliphatic heterocycles. The van der Waals surface area contributed by atoms with E-state index in [2.05, 4.69) is 29.5 Å². The van der Waals surface area contributed by atoms with E-state index in [0.29, 0.717) is 30.7 Å². The van der Waals surface area contributed by atoms with Crippen molar-refractivity contribution in [1.82, 2.24) is 10.3 Å². The number of nitrogens with one attached hydrogen (secondary N) is 2. The van der Waals surface area contributed by atoms with Crippen molar-refractivity contribution >= 4 is 17.4 Å². The fourth-order valence-electron chi connectivity index (χ4n) is 1.64. The molecule has 0 aromatic carbocycles. The molecule has 1 unspecified atom stereocenters. The number of hydrogen-bond donors (Lipinski definition) is 2. The van der Waals surface area contributed by atoms with Crippen molar-refractivity contribution in [3.63, 3.8) is 0 Å². The first kappa shape index (κ1) is 16.9. The average Bonchev–Trinajstić information content (AvgIpc) is 2.44. The lowest BCUT2D eigenvalue weighted by molar-refractivity contribution is -0.385. The lowest BCUT2D eigenvalue weighted by Gasteiger charge is -2.16. The first-order chi connectivity index (χ1) is 9.86. The Hall–Kier alpha value is -2.18. The summed E-state index contributed by atoms with van der Waals surface area (Å²) in [6.45, 7) is 9.13. The van der Waals surface area contributed by atoms with Gasteiger partial charge in [0.25, 0.3) is 11.6 Å². The number of rotatable bonds is 7. The molecule has 0 radical (unpaired) electrons. The number of pyridine rings is 1. The summed E-state index contributed by atoms with van der Waals surface area (Å²) in [5, 5.41) is 16.7. The molecule has 0 spiro atoms. The molecule has 0 bridgehead atoms. The molecule has 1 aromatic rings. The Morgan fingerprint density at radius 2 is 2.10 bits per heavy atom. The number of nitro groups is 1. The quantitative estimate of drug-likeness (QED) is 0.594. The molecule has 1 heterocycles. The molecular formula is C14H22N4O3. The Labute approximate surface area is 124 Å². The Kier molecular flexibility index (Phi) is 6.08. The molecule has 7 nitrogen and oxygen atoms in total. The van der Waals surface area contributed by atoms with E-state index in [1.807, 2.05) is 13.8 Å². The van der Waals surface area contributed by atoms with Crippen molar-refractivity contribution in [3.05, 3.63) is 27.9 Å². The molecular weight excluding hydrogens is 272 g/mol. The van der Waals surface area contributed by atoms with Crippen molar-refractivity contribution in [3.8, 4) is 0 Å². The van der Waals surface area contributed by atoms with Gasteiger partial charge in [0.1, 0.15) is 17.6 Å². The summed E-state index contributed by atoms with van der Waals surface area (Å²) in [5.74, 6) is 0.721. The SMILES string of the molecule is CCNc1cc(C(=O)NCC(C)C(C)C)c([N+](=O)[O-])cn1. The lowest BCUT2D eigenvalue weighted by atomic mass is 9.98. The Morgan fingerprint density at radius 3 is 2.62 bits per heavy atom. The van der Waals surface area contributed by atoms with Crippen LogP contribution in [0.15, 0.2) is 12.3 Å². The molecule has 21 heavy (non-hydrogen) atoms. The zero-order valence-corrected chi connectivity index (χ0v) is 12.8. The molecule has 7 heteroatoms. The molecule has 0 fully saturated rings. The second-order valence-corrected chi connectivity index (χ2v) is 5.31. The second-order valence-electron chi connectivity index (χ2n) is 5.31. The molecule has 116 valence electrons. The molecule has 1 atom stereocenters. The monoisotopic (exact) mass is 294 g/mol. The highest BCUT2D eigenvalue weighted by molar-refractivity contribution is 5.98. The van der Waals surface area contributed by atoms with Crippen LogP contribution in [0, 0.1) is 22.0 Å². The van der Waals surface area contributed by atoms with Gasteiger partial charge in [0.15, 0.2) is 0 Å². The van der Waals surface area contributed by atoms with Crippen LogP contribution in [0.2, 0.25) is 0 Å². The fourth-order valence-corrected chi connectivity index (χ4v) is 1.64. The minimum atomic E-state index is -0.594. The van der Waals surface area contributed by atoms with Crippen LogP contribution in [0.3, 0.4) is 0 Å². The van der Waals surface area contributed by atoms with Crippen molar-refractivity contribution in [2.75, 3.05) is 18.4 Å². The number of nitrogens with zero attached hydrogens (tertiary/aromatic N) is 2. The number of aromatic nitrogens is 1. The van der Waals surface area contributed by atoms with Gasteiger partial charge in [0.2, 0.25) is 0 Å². The predicted molar refractivity (Wildman–Crippen MR) is 81.4 cm³/mol. The third-order valence-electron chi connectivity index (χ3n) is 3.40. The zero-order chi connectivity index (χ0) is 16.0. The standard InChI is InChI=1S/C14H22N4O3/c1-5-15-13-6-11(12(8-16-13)18(20)21)14(19)17-7-10(4)9(2)3/h6,8-10H,5,7H2,1-4H3,(H,15,16)(H,17,19). The fraction of sp³-hybridized carbons (Fsp3) is 0.571. The highest BCUT2D eigenvalue weighted by atomic mass is 16.6. The van der Waals surface area contributed by atoms with Gasteiger partial charge < -0.3 is 10.6 Å². The normalized spacial score (nSPS) is 12.0. The van der Waals surface area contributed by atoms with Gasteiger partial charge in [0.05, 0.1) is 4.92 Å². The van der Waals surface area contributed by atoms with Gasteiger partial charge in [-0.25, -0.2) is 4.98 Å². The van der Waals surface area contributed by atoms with Crippen LogP contribution in [0.25, 0.3) is 0 Å². The number of anilines is 1. The Balaban J connectivity index is 2.94. The second kappa shape index (κ2) is 7.56. The summed E-state index contributed by atoms with van der Waals surface area (Å²) in [7, 11) is 0. The molecule has 1 aromatic heterocycles. The summed E-state index contributed by atoms with van der Waals surface area (Å²) in [6, 6.07) is 1.41. The predicted octanol–water partition coefficient (Wildman–Crippen LogP) is 2.44. The third-order valence-corrected chi connectivity index (χ3v) is 3.40. The summed E-state index contributed by atoms with van der Waals surface area (Å²) in [6.07, 6.45) is 1.11. The first-order valence-corrected chi connectivity index (χ1v) is 7.03. The number of hydrogen-bond acceptors (Lipinski definition) is 5. The van der Waals surface area contributed by atoms with Gasteiger partial charge >= 0.3 is 0 Å². The molecule has 2 N–H and O–H groups in total. The minimum Gasteiger partial charge on any atom is -0.370 e. The topological polar surface area (TPSA) is 97.2 Å². The van der Waals surface area contributed by atoms with E-state index in [1.54, 1.807) is 0 Å². The number of amides is 1. The van der Waals surface area contributed by atoms with E-state index in [0.717, 1.165) is 6.20 Å². The summed E-state index contributed by atoms with van der Waals surface area (Å²) < 4.78 is 0. The van der Waals surface area contributed by atoms with Crippen LogP contribution in [-0.2, 0) is 0 Å². The maximum atomic E-state index is 12.2. The largest absolute Gasteiger partial charge is 0.370 e. The van der Waals surface area contributed by atoms with Crippen molar-refractivity contribution < 1.29 is 9.72 Å². The summed E-state index contributed by atoms with van der Waals surface area (Å²) in [5.41, 5.74) is -0.256. The van der Waals surface area contributed by atoms with E-state index >= 15 is 0 Å². The maximum Gasteiger partial charge on any atom is 0.300 e.